The van der Waals surface area contributed by atoms with Gasteiger partial charge in [0, 0.05) is 95.1 Å². The van der Waals surface area contributed by atoms with Gasteiger partial charge in [0.1, 0.15) is 0 Å². The minimum Gasteiger partial charge on any atom is -0.379 e. The number of rotatable bonds is 10. The van der Waals surface area contributed by atoms with Crippen molar-refractivity contribution >= 4 is 23.4 Å². The Balaban J connectivity index is 1.32. The quantitative estimate of drug-likeness (QED) is 0.312. The Hall–Kier alpha value is -2.73. The summed E-state index contributed by atoms with van der Waals surface area (Å²) in [5, 5.41) is 11.6. The minimum atomic E-state index is -0.228. The number of carbonyl (C=O) groups is 3. The fraction of sp³-hybridized carbons (Fsp3) is 0.735. The second-order valence-electron chi connectivity index (χ2n) is 13.9. The molecule has 3 saturated heterocycles. The molecule has 11 nitrogen and oxygen atoms in total. The summed E-state index contributed by atoms with van der Waals surface area (Å²) in [5.74, 6) is 0.181. The van der Waals surface area contributed by atoms with Crippen molar-refractivity contribution in [2.75, 3.05) is 71.0 Å². The molecule has 0 bridgehead atoms. The van der Waals surface area contributed by atoms with E-state index in [9.17, 15) is 14.4 Å². The Bertz CT molecular complexity index is 1200. The molecule has 1 saturated carbocycles. The highest BCUT2D eigenvalue weighted by atomic mass is 16.5. The Labute approximate surface area is 269 Å². The summed E-state index contributed by atoms with van der Waals surface area (Å²) in [4.78, 5) is 43.0. The van der Waals surface area contributed by atoms with E-state index in [4.69, 9.17) is 4.74 Å². The van der Waals surface area contributed by atoms with E-state index in [-0.39, 0.29) is 47.6 Å². The highest BCUT2D eigenvalue weighted by molar-refractivity contribution is 5.98. The van der Waals surface area contributed by atoms with E-state index in [2.05, 4.69) is 62.3 Å². The molecule has 3 amide bonds. The maximum atomic E-state index is 13.8. The number of ether oxygens (including phenoxy) is 1. The summed E-state index contributed by atoms with van der Waals surface area (Å²) >= 11 is 0. The molecule has 4 aliphatic rings. The van der Waals surface area contributed by atoms with Crippen molar-refractivity contribution in [3.63, 3.8) is 0 Å². The molecule has 5 rings (SSSR count). The number of hydrazine groups is 1. The highest BCUT2D eigenvalue weighted by Crippen LogP contribution is 2.34. The van der Waals surface area contributed by atoms with Crippen molar-refractivity contribution in [3.8, 4) is 0 Å². The zero-order chi connectivity index (χ0) is 32.1. The summed E-state index contributed by atoms with van der Waals surface area (Å²) < 4.78 is 5.50. The van der Waals surface area contributed by atoms with Crippen LogP contribution in [0, 0.1) is 18.8 Å². The Kier molecular flexibility index (Phi) is 11.4. The molecule has 45 heavy (non-hydrogen) atoms. The number of morpholine rings is 1. The van der Waals surface area contributed by atoms with Crippen LogP contribution >= 0.6 is 0 Å². The Morgan fingerprint density at radius 1 is 1.09 bits per heavy atom. The Morgan fingerprint density at radius 3 is 2.51 bits per heavy atom. The summed E-state index contributed by atoms with van der Waals surface area (Å²) in [5.41, 5.74) is 7.51. The number of hydrogen-bond donors (Lipinski definition) is 4. The summed E-state index contributed by atoms with van der Waals surface area (Å²) in [7, 11) is 2.15. The molecular formula is C34H55N7O4. The van der Waals surface area contributed by atoms with Crippen LogP contribution in [0.25, 0.3) is 0 Å². The number of carbonyl (C=O) groups excluding carboxylic acids is 3. The van der Waals surface area contributed by atoms with E-state index >= 15 is 0 Å². The van der Waals surface area contributed by atoms with Gasteiger partial charge in [0.05, 0.1) is 19.1 Å². The first kappa shape index (κ1) is 33.6. The lowest BCUT2D eigenvalue weighted by Crippen LogP contribution is -2.50. The molecule has 1 aliphatic carbocycles. The monoisotopic (exact) mass is 625 g/mol. The molecular weight excluding hydrogens is 570 g/mol. The van der Waals surface area contributed by atoms with Crippen molar-refractivity contribution in [3.05, 3.63) is 28.8 Å². The van der Waals surface area contributed by atoms with Crippen LogP contribution in [0.2, 0.25) is 0 Å². The first-order valence-corrected chi connectivity index (χ1v) is 17.1. The molecule has 250 valence electrons. The summed E-state index contributed by atoms with van der Waals surface area (Å²) in [6.45, 7) is 15.3. The van der Waals surface area contributed by atoms with E-state index in [1.807, 2.05) is 13.8 Å². The van der Waals surface area contributed by atoms with Crippen LogP contribution in [0.5, 0.6) is 0 Å². The molecule has 4 atom stereocenters. The molecule has 11 heteroatoms. The zero-order valence-corrected chi connectivity index (χ0v) is 28.0. The van der Waals surface area contributed by atoms with Crippen molar-refractivity contribution in [1.29, 1.82) is 0 Å². The largest absolute Gasteiger partial charge is 0.379 e. The molecule has 3 aliphatic heterocycles. The summed E-state index contributed by atoms with van der Waals surface area (Å²) in [6, 6.07) is 5.11. The van der Waals surface area contributed by atoms with E-state index in [1.54, 1.807) is 6.92 Å². The van der Waals surface area contributed by atoms with Gasteiger partial charge in [0.25, 0.3) is 5.91 Å². The second-order valence-corrected chi connectivity index (χ2v) is 13.9. The second kappa shape index (κ2) is 15.2. The third-order valence-corrected chi connectivity index (χ3v) is 10.6. The third-order valence-electron chi connectivity index (χ3n) is 10.6. The lowest BCUT2D eigenvalue weighted by atomic mass is 9.84. The molecule has 0 radical (unpaired) electrons. The van der Waals surface area contributed by atoms with Gasteiger partial charge in [-0.1, -0.05) is 6.92 Å². The fourth-order valence-electron chi connectivity index (χ4n) is 7.75. The summed E-state index contributed by atoms with van der Waals surface area (Å²) in [6.07, 6.45) is 4.79. The topological polar surface area (TPSA) is 118 Å². The predicted molar refractivity (Wildman–Crippen MR) is 176 cm³/mol. The minimum absolute atomic E-state index is 0.0245. The van der Waals surface area contributed by atoms with Gasteiger partial charge < -0.3 is 25.6 Å². The van der Waals surface area contributed by atoms with Crippen LogP contribution in [0.3, 0.4) is 0 Å². The van der Waals surface area contributed by atoms with Gasteiger partial charge in [-0.3, -0.25) is 24.7 Å². The number of nitrogens with one attached hydrogen (secondary N) is 4. The molecule has 3 heterocycles. The van der Waals surface area contributed by atoms with Gasteiger partial charge in [0.2, 0.25) is 11.8 Å². The fourth-order valence-corrected chi connectivity index (χ4v) is 7.75. The molecule has 1 aromatic rings. The van der Waals surface area contributed by atoms with Crippen LogP contribution in [0.4, 0.5) is 5.69 Å². The van der Waals surface area contributed by atoms with Crippen LogP contribution in [-0.2, 0) is 14.3 Å². The van der Waals surface area contributed by atoms with Gasteiger partial charge in [-0.2, -0.15) is 0 Å². The number of nitrogens with zero attached hydrogens (tertiary/aromatic N) is 3. The maximum Gasteiger partial charge on any atom is 0.251 e. The normalized spacial score (nSPS) is 29.7. The van der Waals surface area contributed by atoms with Crippen molar-refractivity contribution in [2.24, 2.45) is 11.8 Å². The van der Waals surface area contributed by atoms with Gasteiger partial charge in [-0.25, -0.2) is 5.01 Å². The van der Waals surface area contributed by atoms with Crippen molar-refractivity contribution in [2.45, 2.75) is 83.8 Å². The third kappa shape index (κ3) is 8.55. The van der Waals surface area contributed by atoms with Crippen molar-refractivity contribution in [1.82, 2.24) is 31.3 Å². The van der Waals surface area contributed by atoms with E-state index < -0.39 is 0 Å². The van der Waals surface area contributed by atoms with Crippen LogP contribution in [-0.4, -0.2) is 112 Å². The SMILES string of the molecule is CC(=O)N[C@H]1CC[C@@H](N(C)c2cc(C3CNN(CCN4CCOCC4)C3)cc(C(=O)NCC3C(=O)NC(C)CC3C)c2C)CC1. The Morgan fingerprint density at radius 2 is 1.82 bits per heavy atom. The number of benzene rings is 1. The number of amides is 3. The smallest absolute Gasteiger partial charge is 0.251 e. The standard InChI is InChI=1S/C34H55N7O4/c1-22-16-23(2)37-34(44)31(22)20-35-33(43)30-17-26(27-19-36-41(21-27)11-10-40-12-14-45-15-13-40)18-32(24(30)3)39(5)29-8-6-28(7-9-29)38-25(4)42/h17-18,22-23,27-29,31,36H,6-16,19-21H2,1-5H3,(H,35,43)(H,37,44)(H,38,42)/t22?,23?,27?,28-,29+,31?. The van der Waals surface area contributed by atoms with E-state index in [0.717, 1.165) is 95.8 Å². The highest BCUT2D eigenvalue weighted by Gasteiger charge is 2.33. The molecule has 0 aromatic heterocycles. The van der Waals surface area contributed by atoms with E-state index in [0.29, 0.717) is 18.2 Å². The van der Waals surface area contributed by atoms with Gasteiger partial charge in [-0.05, 0) is 75.1 Å². The van der Waals surface area contributed by atoms with Gasteiger partial charge in [-0.15, -0.1) is 0 Å². The lowest BCUT2D eigenvalue weighted by molar-refractivity contribution is -0.129. The molecule has 4 fully saturated rings. The van der Waals surface area contributed by atoms with Gasteiger partial charge in [0.15, 0.2) is 0 Å². The first-order chi connectivity index (χ1) is 21.6. The average Bonchev–Trinajstić information content (AvgIpc) is 3.49. The maximum absolute atomic E-state index is 13.8. The van der Waals surface area contributed by atoms with Crippen LogP contribution in [0.15, 0.2) is 12.1 Å². The average molecular weight is 626 g/mol. The number of anilines is 1. The van der Waals surface area contributed by atoms with Gasteiger partial charge >= 0.3 is 0 Å². The zero-order valence-electron chi connectivity index (χ0n) is 28.0. The van der Waals surface area contributed by atoms with Crippen molar-refractivity contribution < 1.29 is 19.1 Å². The molecule has 0 spiro atoms. The van der Waals surface area contributed by atoms with E-state index in [1.165, 1.54) is 5.56 Å². The van der Waals surface area contributed by atoms with Crippen LogP contribution in [0.1, 0.15) is 80.3 Å². The number of hydrogen-bond acceptors (Lipinski definition) is 8. The van der Waals surface area contributed by atoms with Crippen LogP contribution < -0.4 is 26.3 Å². The lowest BCUT2D eigenvalue weighted by Gasteiger charge is -2.37. The molecule has 1 aromatic carbocycles. The number of piperidine rings is 1. The molecule has 4 N–H and O–H groups in total. The molecule has 4 unspecified atom stereocenters. The predicted octanol–water partition coefficient (Wildman–Crippen LogP) is 2.01. The first-order valence-electron chi connectivity index (χ1n) is 17.1.